The van der Waals surface area contributed by atoms with Crippen molar-refractivity contribution in [3.05, 3.63) is 0 Å². The molecule has 5 atom stereocenters. The van der Waals surface area contributed by atoms with Gasteiger partial charge in [-0.15, -0.1) is 0 Å². The molecule has 0 aliphatic heterocycles. The predicted octanol–water partition coefficient (Wildman–Crippen LogP) is 4.94. The van der Waals surface area contributed by atoms with Crippen molar-refractivity contribution in [1.29, 1.82) is 0 Å². The van der Waals surface area contributed by atoms with Gasteiger partial charge in [0.25, 0.3) is 5.60 Å². The Morgan fingerprint density at radius 2 is 1.38 bits per heavy atom. The van der Waals surface area contributed by atoms with Crippen LogP contribution in [0.3, 0.4) is 0 Å². The Labute approximate surface area is 136 Å². The maximum Gasteiger partial charge on any atom is 0.426 e. The quantitative estimate of drug-likeness (QED) is 0.695. The second-order valence-electron chi connectivity index (χ2n) is 9.73. The van der Waals surface area contributed by atoms with E-state index in [-0.39, 0.29) is 22.2 Å². The molecule has 4 rings (SSSR count). The average molecular weight is 356 g/mol. The second-order valence-corrected chi connectivity index (χ2v) is 9.73. The molecule has 0 aromatic heterocycles. The van der Waals surface area contributed by atoms with E-state index >= 15 is 0 Å². The monoisotopic (exact) mass is 356 g/mol. The van der Waals surface area contributed by atoms with Crippen molar-refractivity contribution in [2.24, 2.45) is 39.4 Å². The Bertz CT molecular complexity index is 604. The maximum atomic E-state index is 13.1. The number of aliphatic hydroxyl groups is 1. The maximum absolute atomic E-state index is 13.1. The number of alkyl halides is 6. The summed E-state index contributed by atoms with van der Waals surface area (Å²) in [5.74, 6) is -0.144. The molecule has 0 heterocycles. The number of rotatable bonds is 2. The predicted molar refractivity (Wildman–Crippen MR) is 73.8 cm³/mol. The van der Waals surface area contributed by atoms with Crippen molar-refractivity contribution >= 4 is 0 Å². The third-order valence-corrected chi connectivity index (χ3v) is 8.78. The van der Waals surface area contributed by atoms with Gasteiger partial charge >= 0.3 is 12.4 Å². The van der Waals surface area contributed by atoms with E-state index in [0.717, 1.165) is 0 Å². The molecule has 5 unspecified atom stereocenters. The van der Waals surface area contributed by atoms with E-state index in [9.17, 15) is 31.4 Å². The molecule has 2 bridgehead atoms. The third-order valence-electron chi connectivity index (χ3n) is 8.78. The minimum absolute atomic E-state index is 0.0156. The molecular formula is C17H22F6O. The lowest BCUT2D eigenvalue weighted by atomic mass is 9.77. The molecule has 4 fully saturated rings. The Balaban J connectivity index is 1.70. The summed E-state index contributed by atoms with van der Waals surface area (Å²) in [4.78, 5) is 0. The van der Waals surface area contributed by atoms with Gasteiger partial charge in [0.15, 0.2) is 0 Å². The van der Waals surface area contributed by atoms with Crippen LogP contribution in [-0.2, 0) is 0 Å². The van der Waals surface area contributed by atoms with Crippen LogP contribution >= 0.6 is 0 Å². The molecule has 2 spiro atoms. The number of halogens is 6. The average Bonchev–Trinajstić information content (AvgIpc) is 2.90. The van der Waals surface area contributed by atoms with Crippen molar-refractivity contribution in [1.82, 2.24) is 0 Å². The second kappa shape index (κ2) is 3.65. The van der Waals surface area contributed by atoms with Crippen molar-refractivity contribution in [2.45, 2.75) is 64.9 Å². The van der Waals surface area contributed by atoms with Gasteiger partial charge in [-0.2, -0.15) is 26.3 Å². The first kappa shape index (κ1) is 17.0. The fourth-order valence-corrected chi connectivity index (χ4v) is 7.58. The molecule has 1 N–H and O–H groups in total. The molecule has 4 aliphatic rings. The van der Waals surface area contributed by atoms with Crippen LogP contribution in [0.5, 0.6) is 0 Å². The Hall–Kier alpha value is -0.460. The van der Waals surface area contributed by atoms with Crippen LogP contribution in [0, 0.1) is 39.4 Å². The minimum atomic E-state index is -5.71. The molecule has 0 saturated heterocycles. The lowest BCUT2D eigenvalue weighted by Crippen LogP contribution is -2.58. The summed E-state index contributed by atoms with van der Waals surface area (Å²) in [6.45, 7) is 8.10. The van der Waals surface area contributed by atoms with E-state index in [1.807, 2.05) is 13.8 Å². The molecule has 1 nitrogen and oxygen atoms in total. The molecule has 7 heteroatoms. The lowest BCUT2D eigenvalue weighted by molar-refractivity contribution is -0.373. The highest BCUT2D eigenvalue weighted by Gasteiger charge is 2.97. The first-order valence-corrected chi connectivity index (χ1v) is 8.36. The van der Waals surface area contributed by atoms with E-state index in [1.54, 1.807) is 0 Å². The molecule has 24 heavy (non-hydrogen) atoms. The van der Waals surface area contributed by atoms with E-state index in [1.165, 1.54) is 0 Å². The molecule has 0 aromatic carbocycles. The van der Waals surface area contributed by atoms with E-state index in [4.69, 9.17) is 0 Å². The zero-order valence-electron chi connectivity index (χ0n) is 14.1. The van der Waals surface area contributed by atoms with Crippen molar-refractivity contribution in [3.63, 3.8) is 0 Å². The molecule has 0 radical (unpaired) electrons. The van der Waals surface area contributed by atoms with E-state index < -0.39 is 35.7 Å². The van der Waals surface area contributed by atoms with Gasteiger partial charge in [-0.25, -0.2) is 0 Å². The van der Waals surface area contributed by atoms with Crippen molar-refractivity contribution in [3.8, 4) is 0 Å². The molecule has 4 aliphatic carbocycles. The fourth-order valence-electron chi connectivity index (χ4n) is 7.58. The Kier molecular flexibility index (Phi) is 2.58. The van der Waals surface area contributed by atoms with Crippen LogP contribution in [0.25, 0.3) is 0 Å². The van der Waals surface area contributed by atoms with Crippen molar-refractivity contribution in [2.75, 3.05) is 0 Å². The van der Waals surface area contributed by atoms with Crippen LogP contribution in [0.4, 0.5) is 26.3 Å². The van der Waals surface area contributed by atoms with Crippen LogP contribution in [0.2, 0.25) is 0 Å². The minimum Gasteiger partial charge on any atom is -0.374 e. The summed E-state index contributed by atoms with van der Waals surface area (Å²) in [5.41, 5.74) is -5.45. The highest BCUT2D eigenvalue weighted by atomic mass is 19.4. The summed E-state index contributed by atoms with van der Waals surface area (Å²) < 4.78 is 78.7. The molecule has 4 saturated carbocycles. The Morgan fingerprint density at radius 3 is 1.79 bits per heavy atom. The number of hydrogen-bond donors (Lipinski definition) is 1. The van der Waals surface area contributed by atoms with Gasteiger partial charge in [0.05, 0.1) is 0 Å². The molecule has 0 aromatic rings. The van der Waals surface area contributed by atoms with Crippen LogP contribution in [-0.4, -0.2) is 23.1 Å². The lowest BCUT2D eigenvalue weighted by Gasteiger charge is -2.37. The summed E-state index contributed by atoms with van der Waals surface area (Å²) in [5, 5.41) is 9.65. The van der Waals surface area contributed by atoms with E-state index in [0.29, 0.717) is 18.8 Å². The summed E-state index contributed by atoms with van der Waals surface area (Å²) in [6, 6.07) is 0. The zero-order chi connectivity index (χ0) is 18.4. The zero-order valence-corrected chi connectivity index (χ0v) is 14.1. The van der Waals surface area contributed by atoms with Gasteiger partial charge in [0.2, 0.25) is 0 Å². The molecular weight excluding hydrogens is 334 g/mol. The van der Waals surface area contributed by atoms with Crippen molar-refractivity contribution < 1.29 is 31.4 Å². The van der Waals surface area contributed by atoms with Gasteiger partial charge < -0.3 is 5.11 Å². The normalized spacial score (nSPS) is 47.4. The summed E-state index contributed by atoms with van der Waals surface area (Å²) in [6.07, 6.45) is -11.6. The number of hydrogen-bond acceptors (Lipinski definition) is 1. The number of fused-ring (bicyclic) bond motifs is 1. The Morgan fingerprint density at radius 1 is 0.875 bits per heavy atom. The van der Waals surface area contributed by atoms with Crippen LogP contribution in [0.15, 0.2) is 0 Å². The third kappa shape index (κ3) is 1.37. The van der Waals surface area contributed by atoms with Crippen LogP contribution < -0.4 is 0 Å². The summed E-state index contributed by atoms with van der Waals surface area (Å²) >= 11 is 0. The summed E-state index contributed by atoms with van der Waals surface area (Å²) in [7, 11) is 0. The van der Waals surface area contributed by atoms with Gasteiger partial charge in [-0.1, -0.05) is 27.7 Å². The largest absolute Gasteiger partial charge is 0.426 e. The first-order valence-electron chi connectivity index (χ1n) is 8.36. The highest BCUT2D eigenvalue weighted by molar-refractivity contribution is 5.44. The topological polar surface area (TPSA) is 20.2 Å². The first-order chi connectivity index (χ1) is 10.5. The van der Waals surface area contributed by atoms with E-state index in [2.05, 4.69) is 13.8 Å². The van der Waals surface area contributed by atoms with Gasteiger partial charge in [-0.3, -0.25) is 0 Å². The molecule has 138 valence electrons. The highest BCUT2D eigenvalue weighted by Crippen LogP contribution is 3.02. The molecule has 0 amide bonds. The van der Waals surface area contributed by atoms with Gasteiger partial charge in [-0.05, 0) is 58.7 Å². The smallest absolute Gasteiger partial charge is 0.374 e. The fraction of sp³-hybridized carbons (Fsp3) is 1.00. The standard InChI is InChI=1S/C17H22F6O/c1-11(2)9-10-12(3,4)14(10)7-13(9,11)5-8(14)6-15(24,16(18,19)20)17(21,22)23/h8-10,24H,5-7H2,1-4H3. The SMILES string of the molecule is CC1(C)C2C3C(C)(C)C34CC21CC4CC(O)(C(F)(F)F)C(F)(F)F. The van der Waals surface area contributed by atoms with Crippen LogP contribution in [0.1, 0.15) is 47.0 Å². The van der Waals surface area contributed by atoms with Gasteiger partial charge in [0.1, 0.15) is 0 Å². The van der Waals surface area contributed by atoms with Gasteiger partial charge in [0, 0.05) is 0 Å².